The molecule has 2 fully saturated rings. The van der Waals surface area contributed by atoms with E-state index < -0.39 is 0 Å². The number of nitrogens with two attached hydrogens (primary N) is 2. The topological polar surface area (TPSA) is 102 Å². The Labute approximate surface area is 261 Å². The third-order valence-corrected chi connectivity index (χ3v) is 9.52. The maximum absolute atomic E-state index is 9.43. The number of nitriles is 1. The number of benzene rings is 2. The second kappa shape index (κ2) is 13.0. The SMILES string of the molecule is CCC(C1=C(N)N(C)CC=C1)N(c1ccc(CN2CCC[C@H]3CN(C#N)C[C@@H]3C2)cc1)c1nc(-c2ccccc2)ccc1N. The molecule has 3 aromatic rings. The molecular weight excluding hydrogens is 544 g/mol. The summed E-state index contributed by atoms with van der Waals surface area (Å²) in [6.07, 6.45) is 9.92. The first-order valence-electron chi connectivity index (χ1n) is 15.9. The lowest BCUT2D eigenvalue weighted by molar-refractivity contribution is 0.234. The summed E-state index contributed by atoms with van der Waals surface area (Å²) in [5, 5.41) is 9.43. The van der Waals surface area contributed by atoms with Gasteiger partial charge in [-0.3, -0.25) is 4.90 Å². The highest BCUT2D eigenvalue weighted by atomic mass is 15.2. The summed E-state index contributed by atoms with van der Waals surface area (Å²) < 4.78 is 0. The van der Waals surface area contributed by atoms with Crippen LogP contribution in [-0.2, 0) is 6.54 Å². The first-order valence-corrected chi connectivity index (χ1v) is 15.9. The van der Waals surface area contributed by atoms with Gasteiger partial charge in [0.1, 0.15) is 5.82 Å². The summed E-state index contributed by atoms with van der Waals surface area (Å²) in [6.45, 7) is 7.85. The smallest absolute Gasteiger partial charge is 0.179 e. The Bertz CT molecular complexity index is 1540. The van der Waals surface area contributed by atoms with Crippen molar-refractivity contribution in [2.75, 3.05) is 50.4 Å². The number of likely N-dealkylation sites (tertiary alicyclic amines) is 2. The molecule has 44 heavy (non-hydrogen) atoms. The molecule has 3 atom stereocenters. The molecule has 0 radical (unpaired) electrons. The van der Waals surface area contributed by atoms with Crippen molar-refractivity contribution < 1.29 is 0 Å². The van der Waals surface area contributed by atoms with Crippen molar-refractivity contribution in [3.05, 3.63) is 95.8 Å². The van der Waals surface area contributed by atoms with Crippen molar-refractivity contribution in [1.82, 2.24) is 19.7 Å². The summed E-state index contributed by atoms with van der Waals surface area (Å²) in [5.41, 5.74) is 19.3. The zero-order valence-corrected chi connectivity index (χ0v) is 25.9. The molecule has 1 unspecified atom stereocenters. The highest BCUT2D eigenvalue weighted by molar-refractivity contribution is 5.76. The molecule has 6 rings (SSSR count). The quantitative estimate of drug-likeness (QED) is 0.331. The van der Waals surface area contributed by atoms with Crippen LogP contribution in [0.4, 0.5) is 17.2 Å². The number of anilines is 3. The Hall–Kier alpha value is -4.48. The van der Waals surface area contributed by atoms with Crippen molar-refractivity contribution in [2.45, 2.75) is 38.8 Å². The Kier molecular flexibility index (Phi) is 8.76. The predicted molar refractivity (Wildman–Crippen MR) is 178 cm³/mol. The third kappa shape index (κ3) is 6.11. The van der Waals surface area contributed by atoms with Gasteiger partial charge in [0.2, 0.25) is 0 Å². The number of nitrogens with zero attached hydrogens (tertiary/aromatic N) is 6. The van der Waals surface area contributed by atoms with Crippen LogP contribution < -0.4 is 16.4 Å². The molecule has 2 saturated heterocycles. The molecular formula is C36H44N8. The fourth-order valence-electron chi connectivity index (χ4n) is 7.15. The molecule has 3 aliphatic rings. The van der Waals surface area contributed by atoms with Crippen LogP contribution in [0.2, 0.25) is 0 Å². The van der Waals surface area contributed by atoms with E-state index in [1.165, 1.54) is 18.4 Å². The van der Waals surface area contributed by atoms with Gasteiger partial charge in [-0.25, -0.2) is 4.98 Å². The molecule has 1 aromatic heterocycles. The first kappa shape index (κ1) is 29.6. The van der Waals surface area contributed by atoms with Gasteiger partial charge in [-0.15, -0.1) is 0 Å². The molecule has 0 saturated carbocycles. The Morgan fingerprint density at radius 3 is 2.52 bits per heavy atom. The van der Waals surface area contributed by atoms with Crippen LogP contribution >= 0.6 is 0 Å². The lowest BCUT2D eigenvalue weighted by Crippen LogP contribution is -2.38. The largest absolute Gasteiger partial charge is 0.396 e. The number of hydrogen-bond acceptors (Lipinski definition) is 8. The molecule has 0 spiro atoms. The van der Waals surface area contributed by atoms with E-state index in [1.807, 2.05) is 42.3 Å². The second-order valence-corrected chi connectivity index (χ2v) is 12.5. The van der Waals surface area contributed by atoms with E-state index in [9.17, 15) is 5.26 Å². The summed E-state index contributed by atoms with van der Waals surface area (Å²) in [6, 6.07) is 23.0. The monoisotopic (exact) mass is 588 g/mol. The Morgan fingerprint density at radius 1 is 1.00 bits per heavy atom. The second-order valence-electron chi connectivity index (χ2n) is 12.5. The molecule has 228 valence electrons. The molecule has 4 heterocycles. The van der Waals surface area contributed by atoms with Crippen LogP contribution in [0.25, 0.3) is 11.3 Å². The van der Waals surface area contributed by atoms with Gasteiger partial charge < -0.3 is 26.2 Å². The van der Waals surface area contributed by atoms with Gasteiger partial charge >= 0.3 is 0 Å². The normalized spacial score (nSPS) is 21.1. The minimum atomic E-state index is -0.0614. The van der Waals surface area contributed by atoms with Gasteiger partial charge in [0.25, 0.3) is 0 Å². The zero-order valence-electron chi connectivity index (χ0n) is 25.9. The molecule has 0 bridgehead atoms. The number of pyridine rings is 1. The predicted octanol–water partition coefficient (Wildman–Crippen LogP) is 5.54. The van der Waals surface area contributed by atoms with Crippen LogP contribution in [0.1, 0.15) is 31.7 Å². The minimum Gasteiger partial charge on any atom is -0.396 e. The fourth-order valence-corrected chi connectivity index (χ4v) is 7.15. The van der Waals surface area contributed by atoms with Crippen molar-refractivity contribution in [2.24, 2.45) is 17.6 Å². The zero-order chi connectivity index (χ0) is 30.6. The number of fused-ring (bicyclic) bond motifs is 1. The summed E-state index contributed by atoms with van der Waals surface area (Å²) in [4.78, 5) is 14.0. The van der Waals surface area contributed by atoms with Crippen LogP contribution in [0.3, 0.4) is 0 Å². The van der Waals surface area contributed by atoms with Gasteiger partial charge in [0, 0.05) is 56.6 Å². The lowest BCUT2D eigenvalue weighted by atomic mass is 9.93. The summed E-state index contributed by atoms with van der Waals surface area (Å²) in [5.74, 6) is 2.72. The summed E-state index contributed by atoms with van der Waals surface area (Å²) in [7, 11) is 2.03. The van der Waals surface area contributed by atoms with E-state index in [0.717, 1.165) is 79.8 Å². The van der Waals surface area contributed by atoms with Gasteiger partial charge in [0.05, 0.1) is 17.4 Å². The van der Waals surface area contributed by atoms with Crippen molar-refractivity contribution >= 4 is 17.2 Å². The molecule has 4 N–H and O–H groups in total. The third-order valence-electron chi connectivity index (χ3n) is 9.52. The highest BCUT2D eigenvalue weighted by Gasteiger charge is 2.35. The lowest BCUT2D eigenvalue weighted by Gasteiger charge is -2.37. The van der Waals surface area contributed by atoms with Crippen LogP contribution in [-0.4, -0.2) is 65.5 Å². The molecule has 3 aliphatic heterocycles. The van der Waals surface area contributed by atoms with E-state index in [2.05, 4.69) is 76.4 Å². The van der Waals surface area contributed by atoms with Gasteiger partial charge in [-0.05, 0) is 67.5 Å². The molecule has 0 amide bonds. The van der Waals surface area contributed by atoms with E-state index in [1.54, 1.807) is 0 Å². The average molecular weight is 589 g/mol. The highest BCUT2D eigenvalue weighted by Crippen LogP contribution is 2.38. The molecule has 8 heteroatoms. The number of hydrogen-bond donors (Lipinski definition) is 2. The van der Waals surface area contributed by atoms with Crippen molar-refractivity contribution in [3.8, 4) is 17.5 Å². The van der Waals surface area contributed by atoms with Gasteiger partial charge in [-0.1, -0.05) is 61.5 Å². The first-order chi connectivity index (χ1) is 21.4. The van der Waals surface area contributed by atoms with Gasteiger partial charge in [-0.2, -0.15) is 5.26 Å². The number of likely N-dealkylation sites (N-methyl/N-ethyl adjacent to an activating group) is 1. The maximum Gasteiger partial charge on any atom is 0.179 e. The van der Waals surface area contributed by atoms with E-state index in [0.29, 0.717) is 17.5 Å². The van der Waals surface area contributed by atoms with Crippen LogP contribution in [0.5, 0.6) is 0 Å². The number of aromatic nitrogens is 1. The minimum absolute atomic E-state index is 0.0614. The molecule has 0 aliphatic carbocycles. The maximum atomic E-state index is 9.43. The standard InChI is InChI=1S/C36H44N8/c1-3-34(31-12-8-19-41(2)35(31)39)44(36-32(38)17-18-33(40-36)27-9-5-4-6-10-27)30-15-13-26(14-16-30)21-42-20-7-11-28-22-43(25-37)24-29(28)23-42/h4-6,8-10,12-18,28-29,34H,3,7,11,19-24,38-39H2,1-2H3/t28-,29-,34?/m0/s1. The molecule has 2 aromatic carbocycles. The Balaban J connectivity index is 1.33. The van der Waals surface area contributed by atoms with Crippen molar-refractivity contribution in [1.29, 1.82) is 5.26 Å². The number of nitrogen functional groups attached to an aromatic ring is 1. The van der Waals surface area contributed by atoms with E-state index in [-0.39, 0.29) is 6.04 Å². The van der Waals surface area contributed by atoms with Crippen LogP contribution in [0.15, 0.2) is 90.3 Å². The fraction of sp³-hybridized carbons (Fsp3) is 0.389. The number of rotatable bonds is 8. The van der Waals surface area contributed by atoms with Gasteiger partial charge in [0.15, 0.2) is 12.0 Å². The Morgan fingerprint density at radius 2 is 1.77 bits per heavy atom. The van der Waals surface area contributed by atoms with E-state index >= 15 is 0 Å². The molecule has 8 nitrogen and oxygen atoms in total. The van der Waals surface area contributed by atoms with Crippen LogP contribution in [0, 0.1) is 23.3 Å². The summed E-state index contributed by atoms with van der Waals surface area (Å²) >= 11 is 0. The average Bonchev–Trinajstić information content (AvgIpc) is 3.34. The van der Waals surface area contributed by atoms with Crippen molar-refractivity contribution in [3.63, 3.8) is 0 Å². The van der Waals surface area contributed by atoms with E-state index in [4.69, 9.17) is 16.5 Å².